The highest BCUT2D eigenvalue weighted by Gasteiger charge is 2.11. The zero-order valence-corrected chi connectivity index (χ0v) is 13.5. The third-order valence-corrected chi connectivity index (χ3v) is 3.28. The van der Waals surface area contributed by atoms with Gasteiger partial charge in [-0.05, 0) is 36.5 Å². The number of thiocarbonyl (C=S) groups is 1. The molecule has 0 fully saturated rings. The first-order valence-corrected chi connectivity index (χ1v) is 7.22. The van der Waals surface area contributed by atoms with Gasteiger partial charge in [-0.1, -0.05) is 17.7 Å². The Bertz CT molecular complexity index is 818. The van der Waals surface area contributed by atoms with Crippen molar-refractivity contribution in [3.63, 3.8) is 0 Å². The number of nitro groups is 1. The molecule has 2 aromatic rings. The summed E-state index contributed by atoms with van der Waals surface area (Å²) in [5, 5.41) is 13.3. The van der Waals surface area contributed by atoms with Crippen LogP contribution in [0.1, 0.15) is 10.4 Å². The third-order valence-electron chi connectivity index (χ3n) is 2.79. The molecule has 7 nitrogen and oxygen atoms in total. The molecule has 0 bridgehead atoms. The van der Waals surface area contributed by atoms with E-state index >= 15 is 0 Å². The molecule has 0 atom stereocenters. The maximum absolute atomic E-state index is 13.1. The van der Waals surface area contributed by atoms with Crippen LogP contribution in [0.4, 0.5) is 15.8 Å². The third kappa shape index (κ3) is 4.61. The maximum Gasteiger partial charge on any atom is 0.270 e. The Hall–Kier alpha value is -2.78. The fourth-order valence-electron chi connectivity index (χ4n) is 1.68. The highest BCUT2D eigenvalue weighted by atomic mass is 35.5. The van der Waals surface area contributed by atoms with Gasteiger partial charge in [0.15, 0.2) is 5.11 Å². The predicted octanol–water partition coefficient (Wildman–Crippen LogP) is 3.02. The van der Waals surface area contributed by atoms with Crippen LogP contribution in [0.2, 0.25) is 5.02 Å². The largest absolute Gasteiger partial charge is 0.331 e. The summed E-state index contributed by atoms with van der Waals surface area (Å²) < 4.78 is 13.1. The second-order valence-corrected chi connectivity index (χ2v) is 5.29. The Labute approximate surface area is 145 Å². The van der Waals surface area contributed by atoms with E-state index in [4.69, 9.17) is 23.8 Å². The number of nitrogens with one attached hydrogen (secondary N) is 3. The number of hydrogen-bond acceptors (Lipinski definition) is 4. The number of nitro benzene ring substituents is 1. The quantitative estimate of drug-likeness (QED) is 0.438. The van der Waals surface area contributed by atoms with Crippen LogP contribution in [0.25, 0.3) is 0 Å². The Morgan fingerprint density at radius 2 is 1.96 bits per heavy atom. The van der Waals surface area contributed by atoms with Crippen molar-refractivity contribution in [2.75, 3.05) is 5.32 Å². The first-order valence-electron chi connectivity index (χ1n) is 6.43. The van der Waals surface area contributed by atoms with Gasteiger partial charge in [-0.3, -0.25) is 25.8 Å². The number of amides is 1. The number of nitrogens with zero attached hydrogens (tertiary/aromatic N) is 1. The number of non-ortho nitro benzene ring substituents is 1. The van der Waals surface area contributed by atoms with Crippen molar-refractivity contribution in [3.8, 4) is 0 Å². The number of hydrogen-bond donors (Lipinski definition) is 3. The Balaban J connectivity index is 1.93. The number of carbonyl (C=O) groups is 1. The topological polar surface area (TPSA) is 96.3 Å². The van der Waals surface area contributed by atoms with E-state index in [-0.39, 0.29) is 21.4 Å². The maximum atomic E-state index is 13.1. The van der Waals surface area contributed by atoms with Gasteiger partial charge in [0.1, 0.15) is 5.82 Å². The normalized spacial score (nSPS) is 9.92. The van der Waals surface area contributed by atoms with Crippen LogP contribution >= 0.6 is 23.8 Å². The zero-order valence-electron chi connectivity index (χ0n) is 11.9. The summed E-state index contributed by atoms with van der Waals surface area (Å²) in [6.45, 7) is 0. The van der Waals surface area contributed by atoms with Gasteiger partial charge in [0.2, 0.25) is 0 Å². The number of hydrazine groups is 1. The minimum atomic E-state index is -0.611. The van der Waals surface area contributed by atoms with Gasteiger partial charge in [0.05, 0.1) is 9.95 Å². The molecule has 10 heteroatoms. The summed E-state index contributed by atoms with van der Waals surface area (Å²) in [6.07, 6.45) is 0. The smallest absolute Gasteiger partial charge is 0.270 e. The van der Waals surface area contributed by atoms with E-state index in [1.54, 1.807) is 0 Å². The van der Waals surface area contributed by atoms with E-state index in [0.717, 1.165) is 12.1 Å². The Kier molecular flexibility index (Phi) is 5.61. The number of benzene rings is 2. The van der Waals surface area contributed by atoms with Crippen molar-refractivity contribution in [2.24, 2.45) is 0 Å². The van der Waals surface area contributed by atoms with E-state index in [9.17, 15) is 19.3 Å². The van der Waals surface area contributed by atoms with Crippen LogP contribution in [0, 0.1) is 15.9 Å². The van der Waals surface area contributed by atoms with Gasteiger partial charge in [-0.15, -0.1) is 0 Å². The molecule has 124 valence electrons. The van der Waals surface area contributed by atoms with E-state index in [2.05, 4.69) is 16.2 Å². The molecule has 1 amide bonds. The molecule has 0 saturated carbocycles. The minimum absolute atomic E-state index is 0.0245. The molecule has 24 heavy (non-hydrogen) atoms. The number of halogens is 2. The molecule has 0 aliphatic heterocycles. The fourth-order valence-corrected chi connectivity index (χ4v) is 2.03. The lowest BCUT2D eigenvalue weighted by Crippen LogP contribution is -2.43. The van der Waals surface area contributed by atoms with Gasteiger partial charge in [0, 0.05) is 23.4 Å². The Morgan fingerprint density at radius 3 is 2.62 bits per heavy atom. The molecule has 0 aliphatic rings. The van der Waals surface area contributed by atoms with Crippen LogP contribution in [-0.2, 0) is 0 Å². The Morgan fingerprint density at radius 1 is 1.21 bits per heavy atom. The highest BCUT2D eigenvalue weighted by molar-refractivity contribution is 7.80. The zero-order chi connectivity index (χ0) is 17.7. The van der Waals surface area contributed by atoms with Gasteiger partial charge in [-0.25, -0.2) is 4.39 Å². The molecule has 0 unspecified atom stereocenters. The van der Waals surface area contributed by atoms with Crippen LogP contribution in [0.5, 0.6) is 0 Å². The van der Waals surface area contributed by atoms with Crippen LogP contribution in [0.3, 0.4) is 0 Å². The second kappa shape index (κ2) is 7.66. The average Bonchev–Trinajstić information content (AvgIpc) is 2.56. The number of carbonyl (C=O) groups excluding carboxylic acids is 1. The molecule has 0 radical (unpaired) electrons. The van der Waals surface area contributed by atoms with Crippen molar-refractivity contribution >= 4 is 46.2 Å². The van der Waals surface area contributed by atoms with Crippen LogP contribution < -0.4 is 16.2 Å². The van der Waals surface area contributed by atoms with Gasteiger partial charge in [-0.2, -0.15) is 0 Å². The van der Waals surface area contributed by atoms with Crippen molar-refractivity contribution in [3.05, 3.63) is 69.0 Å². The van der Waals surface area contributed by atoms with E-state index < -0.39 is 16.6 Å². The van der Waals surface area contributed by atoms with E-state index in [1.807, 2.05) is 0 Å². The summed E-state index contributed by atoms with van der Waals surface area (Å²) in [4.78, 5) is 22.0. The number of rotatable bonds is 3. The second-order valence-electron chi connectivity index (χ2n) is 4.47. The van der Waals surface area contributed by atoms with E-state index in [1.165, 1.54) is 30.3 Å². The highest BCUT2D eigenvalue weighted by Crippen LogP contribution is 2.19. The standard InChI is InChI=1S/C14H10ClFN4O3S/c15-11-7-9(4-5-12(11)16)17-14(24)19-18-13(21)8-2-1-3-10(6-8)20(22)23/h1-7H,(H,18,21)(H2,17,19,24). The SMILES string of the molecule is O=C(NNC(=S)Nc1ccc(F)c(Cl)c1)c1cccc([N+](=O)[O-])c1. The van der Waals surface area contributed by atoms with Gasteiger partial charge in [0.25, 0.3) is 11.6 Å². The monoisotopic (exact) mass is 368 g/mol. The summed E-state index contributed by atoms with van der Waals surface area (Å²) in [5.74, 6) is -1.18. The molecule has 0 aliphatic carbocycles. The van der Waals surface area contributed by atoms with Crippen molar-refractivity contribution in [1.82, 2.24) is 10.9 Å². The molecule has 0 saturated heterocycles. The molecule has 0 aromatic heterocycles. The first kappa shape index (κ1) is 17.6. The first-order chi connectivity index (χ1) is 11.4. The van der Waals surface area contributed by atoms with Crippen LogP contribution in [0.15, 0.2) is 42.5 Å². The molecule has 0 spiro atoms. The average molecular weight is 369 g/mol. The van der Waals surface area contributed by atoms with Gasteiger partial charge >= 0.3 is 0 Å². The number of anilines is 1. The molecular weight excluding hydrogens is 359 g/mol. The summed E-state index contributed by atoms with van der Waals surface area (Å²) in [7, 11) is 0. The summed E-state index contributed by atoms with van der Waals surface area (Å²) in [6, 6.07) is 9.12. The lowest BCUT2D eigenvalue weighted by Gasteiger charge is -2.12. The summed E-state index contributed by atoms with van der Waals surface area (Å²) in [5.41, 5.74) is 5.02. The molecule has 0 heterocycles. The lowest BCUT2D eigenvalue weighted by atomic mass is 10.2. The van der Waals surface area contributed by atoms with Gasteiger partial charge < -0.3 is 5.32 Å². The fraction of sp³-hybridized carbons (Fsp3) is 0. The molecular formula is C14H10ClFN4O3S. The molecule has 2 rings (SSSR count). The minimum Gasteiger partial charge on any atom is -0.331 e. The van der Waals surface area contributed by atoms with Crippen molar-refractivity contribution in [2.45, 2.75) is 0 Å². The molecule has 3 N–H and O–H groups in total. The molecule has 2 aromatic carbocycles. The van der Waals surface area contributed by atoms with Crippen molar-refractivity contribution in [1.29, 1.82) is 0 Å². The van der Waals surface area contributed by atoms with Crippen LogP contribution in [-0.4, -0.2) is 15.9 Å². The summed E-state index contributed by atoms with van der Waals surface area (Å²) >= 11 is 10.6. The van der Waals surface area contributed by atoms with Crippen molar-refractivity contribution < 1.29 is 14.1 Å². The predicted molar refractivity (Wildman–Crippen MR) is 91.3 cm³/mol. The lowest BCUT2D eigenvalue weighted by molar-refractivity contribution is -0.384. The van der Waals surface area contributed by atoms with E-state index in [0.29, 0.717) is 5.69 Å².